The molecule has 2 atom stereocenters. The van der Waals surface area contributed by atoms with Crippen molar-refractivity contribution >= 4 is 11.8 Å². The van der Waals surface area contributed by atoms with Gasteiger partial charge in [0.2, 0.25) is 6.19 Å². The van der Waals surface area contributed by atoms with E-state index in [0.717, 1.165) is 44.9 Å². The molecule has 0 spiro atoms. The first-order valence-corrected chi connectivity index (χ1v) is 11.5. The highest BCUT2D eigenvalue weighted by Gasteiger charge is 2.59. The molecule has 0 aliphatic heterocycles. The van der Waals surface area contributed by atoms with Crippen LogP contribution in [-0.4, -0.2) is 34.7 Å². The third-order valence-corrected chi connectivity index (χ3v) is 8.03. The van der Waals surface area contributed by atoms with Crippen LogP contribution in [0.4, 0.5) is 0 Å². The summed E-state index contributed by atoms with van der Waals surface area (Å²) in [5.74, 6) is 1.22. The monoisotopic (exact) mass is 401 g/mol. The van der Waals surface area contributed by atoms with Crippen LogP contribution in [0.3, 0.4) is 0 Å². The van der Waals surface area contributed by atoms with Crippen molar-refractivity contribution in [3.05, 3.63) is 0 Å². The molecular weight excluding hydrogens is 366 g/mol. The number of carbonyl (C=O) groups is 1. The molecule has 160 valence electrons. The minimum absolute atomic E-state index is 0.197. The van der Waals surface area contributed by atoms with Gasteiger partial charge in [0.05, 0.1) is 11.5 Å². The van der Waals surface area contributed by atoms with Gasteiger partial charge in [-0.2, -0.15) is 10.3 Å². The fraction of sp³-hybridized carbons (Fsp3) is 0.870. The molecule has 0 radical (unpaired) electrons. The van der Waals surface area contributed by atoms with E-state index in [4.69, 9.17) is 4.74 Å². The number of nitrogens with zero attached hydrogens (tertiary/aromatic N) is 2. The SMILES string of the molecule is CC(C)(OC1CCCCCC1)/C(=N\C#N)NC1C2CC3CC1CC(C(=O)O)(C3)C2. The lowest BCUT2D eigenvalue weighted by Gasteiger charge is -2.58. The van der Waals surface area contributed by atoms with Crippen LogP contribution in [-0.2, 0) is 9.53 Å². The molecule has 6 heteroatoms. The van der Waals surface area contributed by atoms with Crippen LogP contribution in [0.2, 0.25) is 0 Å². The molecule has 2 N–H and O–H groups in total. The number of carboxylic acids is 1. The summed E-state index contributed by atoms with van der Waals surface area (Å²) in [6, 6.07) is 0.197. The number of aliphatic imine (C=N–C) groups is 1. The minimum atomic E-state index is -0.649. The highest BCUT2D eigenvalue weighted by Crippen LogP contribution is 2.60. The Morgan fingerprint density at radius 2 is 1.76 bits per heavy atom. The van der Waals surface area contributed by atoms with Crippen LogP contribution in [0.15, 0.2) is 4.99 Å². The fourth-order valence-electron chi connectivity index (χ4n) is 6.90. The van der Waals surface area contributed by atoms with Crippen molar-refractivity contribution in [2.75, 3.05) is 0 Å². The Bertz CT molecular complexity index is 687. The molecule has 2 unspecified atom stereocenters. The summed E-state index contributed by atoms with van der Waals surface area (Å²) in [6.45, 7) is 4.02. The van der Waals surface area contributed by atoms with Gasteiger partial charge in [0.1, 0.15) is 11.4 Å². The second kappa shape index (κ2) is 7.91. The Balaban J connectivity index is 1.48. The Kier molecular flexibility index (Phi) is 5.63. The molecule has 0 aromatic heterocycles. The smallest absolute Gasteiger partial charge is 0.309 e. The van der Waals surface area contributed by atoms with Crippen molar-refractivity contribution in [2.45, 2.75) is 102 Å². The molecule has 0 saturated heterocycles. The maximum absolute atomic E-state index is 12.0. The standard InChI is InChI=1S/C23H35N3O3/c1-22(2,29-18-7-5-3-4-6-8-18)20(25-14-24)26-19-16-9-15-10-17(19)13-23(11-15,12-16)21(27)28/h15-19H,3-13H2,1-2H3,(H,25,26)(H,27,28). The molecule has 5 aliphatic rings. The van der Waals surface area contributed by atoms with Gasteiger partial charge in [0.25, 0.3) is 0 Å². The Hall–Kier alpha value is -1.61. The van der Waals surface area contributed by atoms with E-state index in [-0.39, 0.29) is 12.1 Å². The van der Waals surface area contributed by atoms with Crippen molar-refractivity contribution in [1.82, 2.24) is 5.32 Å². The number of ether oxygens (including phenoxy) is 1. The molecular formula is C23H35N3O3. The maximum atomic E-state index is 12.0. The lowest BCUT2D eigenvalue weighted by Crippen LogP contribution is -2.63. The van der Waals surface area contributed by atoms with Crippen LogP contribution in [0, 0.1) is 34.6 Å². The normalized spacial score (nSPS) is 37.8. The van der Waals surface area contributed by atoms with Gasteiger partial charge >= 0.3 is 5.97 Å². The van der Waals surface area contributed by atoms with E-state index < -0.39 is 17.0 Å². The van der Waals surface area contributed by atoms with Crippen molar-refractivity contribution < 1.29 is 14.6 Å². The van der Waals surface area contributed by atoms with Gasteiger partial charge < -0.3 is 15.2 Å². The van der Waals surface area contributed by atoms with E-state index in [9.17, 15) is 15.2 Å². The largest absolute Gasteiger partial charge is 0.481 e. The summed E-state index contributed by atoms with van der Waals surface area (Å²) >= 11 is 0. The first-order chi connectivity index (χ1) is 13.8. The first-order valence-electron chi connectivity index (χ1n) is 11.5. The first kappa shape index (κ1) is 20.7. The molecule has 4 bridgehead atoms. The van der Waals surface area contributed by atoms with Gasteiger partial charge in [0.15, 0.2) is 0 Å². The van der Waals surface area contributed by atoms with Crippen LogP contribution in [0.5, 0.6) is 0 Å². The number of aliphatic carboxylic acids is 1. The molecule has 0 amide bonds. The van der Waals surface area contributed by atoms with Crippen molar-refractivity contribution in [3.8, 4) is 6.19 Å². The molecule has 5 fully saturated rings. The molecule has 0 aromatic rings. The summed E-state index contributed by atoms with van der Waals surface area (Å²) < 4.78 is 6.49. The van der Waals surface area contributed by atoms with Crippen LogP contribution in [0.25, 0.3) is 0 Å². The zero-order valence-electron chi connectivity index (χ0n) is 17.8. The van der Waals surface area contributed by atoms with Gasteiger partial charge in [0, 0.05) is 6.04 Å². The summed E-state index contributed by atoms with van der Waals surface area (Å²) in [5, 5.41) is 22.8. The number of amidine groups is 1. The van der Waals surface area contributed by atoms with Crippen LogP contribution < -0.4 is 5.32 Å². The zero-order chi connectivity index (χ0) is 20.6. The predicted molar refractivity (Wildman–Crippen MR) is 110 cm³/mol. The lowest BCUT2D eigenvalue weighted by molar-refractivity contribution is -0.167. The molecule has 5 rings (SSSR count). The average Bonchev–Trinajstić information content (AvgIpc) is 2.91. The van der Waals surface area contributed by atoms with Crippen molar-refractivity contribution in [1.29, 1.82) is 5.26 Å². The topological polar surface area (TPSA) is 94.7 Å². The van der Waals surface area contributed by atoms with E-state index in [0.29, 0.717) is 23.6 Å². The molecule has 5 aliphatic carbocycles. The van der Waals surface area contributed by atoms with E-state index in [1.807, 2.05) is 20.0 Å². The highest BCUT2D eigenvalue weighted by molar-refractivity contribution is 5.91. The third kappa shape index (κ3) is 4.03. The number of nitriles is 1. The van der Waals surface area contributed by atoms with Gasteiger partial charge in [-0.3, -0.25) is 4.79 Å². The number of hydrogen-bond donors (Lipinski definition) is 2. The number of nitrogens with one attached hydrogen (secondary N) is 1. The summed E-state index contributed by atoms with van der Waals surface area (Å²) in [4.78, 5) is 16.1. The molecule has 29 heavy (non-hydrogen) atoms. The minimum Gasteiger partial charge on any atom is -0.481 e. The molecule has 0 heterocycles. The van der Waals surface area contributed by atoms with Gasteiger partial charge in [-0.15, -0.1) is 0 Å². The van der Waals surface area contributed by atoms with E-state index in [1.165, 1.54) is 25.7 Å². The Morgan fingerprint density at radius 1 is 1.14 bits per heavy atom. The number of carboxylic acid groups (broad SMARTS) is 1. The van der Waals surface area contributed by atoms with Gasteiger partial charge in [-0.1, -0.05) is 25.7 Å². The summed E-state index contributed by atoms with van der Waals surface area (Å²) in [5.41, 5.74) is -1.17. The summed E-state index contributed by atoms with van der Waals surface area (Å²) in [7, 11) is 0. The summed E-state index contributed by atoms with van der Waals surface area (Å²) in [6.07, 6.45) is 13.8. The van der Waals surface area contributed by atoms with Gasteiger partial charge in [-0.05, 0) is 76.5 Å². The predicted octanol–water partition coefficient (Wildman–Crippen LogP) is 4.25. The van der Waals surface area contributed by atoms with E-state index in [1.54, 1.807) is 0 Å². The number of hydrogen-bond acceptors (Lipinski definition) is 4. The zero-order valence-corrected chi connectivity index (χ0v) is 17.8. The lowest BCUT2D eigenvalue weighted by atomic mass is 9.48. The van der Waals surface area contributed by atoms with E-state index >= 15 is 0 Å². The molecule has 0 aromatic carbocycles. The molecule has 6 nitrogen and oxygen atoms in total. The Labute approximate surface area is 174 Å². The number of rotatable bonds is 5. The third-order valence-electron chi connectivity index (χ3n) is 8.03. The second-order valence-corrected chi connectivity index (χ2v) is 10.5. The maximum Gasteiger partial charge on any atom is 0.309 e. The van der Waals surface area contributed by atoms with Gasteiger partial charge in [-0.25, -0.2) is 0 Å². The van der Waals surface area contributed by atoms with Crippen molar-refractivity contribution in [2.24, 2.45) is 28.2 Å². The quantitative estimate of drug-likeness (QED) is 0.311. The Morgan fingerprint density at radius 3 is 2.31 bits per heavy atom. The fourth-order valence-corrected chi connectivity index (χ4v) is 6.90. The average molecular weight is 402 g/mol. The van der Waals surface area contributed by atoms with Crippen LogP contribution >= 0.6 is 0 Å². The second-order valence-electron chi connectivity index (χ2n) is 10.5. The van der Waals surface area contributed by atoms with Crippen molar-refractivity contribution in [3.63, 3.8) is 0 Å². The van der Waals surface area contributed by atoms with Crippen LogP contribution in [0.1, 0.15) is 84.5 Å². The van der Waals surface area contributed by atoms with E-state index in [2.05, 4.69) is 10.3 Å². The highest BCUT2D eigenvalue weighted by atomic mass is 16.5. The molecule has 5 saturated carbocycles.